The summed E-state index contributed by atoms with van der Waals surface area (Å²) in [5.41, 5.74) is 6.19. The molecule has 122 valence electrons. The number of methoxy groups -OCH3 is 1. The Morgan fingerprint density at radius 3 is 2.96 bits per heavy atom. The first-order valence-corrected chi connectivity index (χ1v) is 8.05. The van der Waals surface area contributed by atoms with Gasteiger partial charge in [-0.1, -0.05) is 6.92 Å². The maximum atomic E-state index is 11.4. The third-order valence-corrected chi connectivity index (χ3v) is 4.79. The second-order valence-corrected chi connectivity index (χ2v) is 6.43. The van der Waals surface area contributed by atoms with Gasteiger partial charge >= 0.3 is 0 Å². The summed E-state index contributed by atoms with van der Waals surface area (Å²) in [4.78, 5) is 27.1. The fraction of sp³-hybridized carbons (Fsp3) is 0.400. The molecule has 0 aromatic carbocycles. The highest BCUT2D eigenvalue weighted by Crippen LogP contribution is 2.34. The van der Waals surface area contributed by atoms with Crippen LogP contribution in [0.1, 0.15) is 23.7 Å². The first kappa shape index (κ1) is 15.5. The van der Waals surface area contributed by atoms with Crippen molar-refractivity contribution in [2.75, 3.05) is 13.7 Å². The van der Waals surface area contributed by atoms with Gasteiger partial charge in [0.25, 0.3) is 5.91 Å². The van der Waals surface area contributed by atoms with Crippen LogP contribution in [0.4, 0.5) is 0 Å². The van der Waals surface area contributed by atoms with E-state index in [4.69, 9.17) is 15.2 Å². The van der Waals surface area contributed by atoms with E-state index in [9.17, 15) is 9.59 Å². The van der Waals surface area contributed by atoms with Crippen LogP contribution >= 0.6 is 11.3 Å². The molecule has 2 atom stereocenters. The molecule has 1 aliphatic rings. The van der Waals surface area contributed by atoms with Crippen LogP contribution in [-0.2, 0) is 4.79 Å². The van der Waals surface area contributed by atoms with Gasteiger partial charge in [0, 0.05) is 11.8 Å². The Bertz CT molecular complexity index is 773. The van der Waals surface area contributed by atoms with Crippen molar-refractivity contribution in [1.29, 1.82) is 0 Å². The average molecular weight is 335 g/mol. The lowest BCUT2D eigenvalue weighted by Gasteiger charge is -2.15. The number of nitrogens with zero attached hydrogens (tertiary/aromatic N) is 1. The van der Waals surface area contributed by atoms with Crippen LogP contribution in [0.2, 0.25) is 0 Å². The van der Waals surface area contributed by atoms with E-state index in [1.54, 1.807) is 6.07 Å². The maximum Gasteiger partial charge on any atom is 0.254 e. The minimum absolute atomic E-state index is 0.00996. The lowest BCUT2D eigenvalue weighted by Crippen LogP contribution is -2.34. The number of amides is 2. The van der Waals surface area contributed by atoms with Crippen molar-refractivity contribution >= 4 is 33.4 Å². The van der Waals surface area contributed by atoms with Crippen molar-refractivity contribution in [1.82, 2.24) is 10.3 Å². The molecule has 0 bridgehead atoms. The Kier molecular flexibility index (Phi) is 4.08. The quantitative estimate of drug-likeness (QED) is 0.857. The van der Waals surface area contributed by atoms with Gasteiger partial charge < -0.3 is 20.5 Å². The predicted octanol–water partition coefficient (Wildman–Crippen LogP) is 1.31. The van der Waals surface area contributed by atoms with Crippen LogP contribution < -0.4 is 20.5 Å². The number of fused-ring (bicyclic) bond motifs is 1. The van der Waals surface area contributed by atoms with E-state index < -0.39 is 5.91 Å². The van der Waals surface area contributed by atoms with Gasteiger partial charge in [-0.05, 0) is 12.0 Å². The number of thiophene rings is 1. The summed E-state index contributed by atoms with van der Waals surface area (Å²) in [5, 5.41) is 4.72. The highest BCUT2D eigenvalue weighted by molar-refractivity contribution is 7.17. The number of carbonyl (C=O) groups excluding carboxylic acids is 2. The summed E-state index contributed by atoms with van der Waals surface area (Å²) in [5.74, 6) is 0.474. The standard InChI is InChI=1S/C15H17N3O4S/c1-7-3-12(19)17-9(7)5-22-10-6-23-11-4-8(14(16)20)15(21-2)18-13(10)11/h4,6-7,9H,3,5H2,1-2H3,(H2,16,20)(H,17,19). The van der Waals surface area contributed by atoms with Crippen LogP contribution in [0.3, 0.4) is 0 Å². The molecule has 2 aromatic rings. The number of primary amides is 1. The molecule has 1 fully saturated rings. The van der Waals surface area contributed by atoms with E-state index in [-0.39, 0.29) is 29.3 Å². The van der Waals surface area contributed by atoms with Gasteiger partial charge in [-0.25, -0.2) is 4.98 Å². The molecule has 8 heteroatoms. The van der Waals surface area contributed by atoms with Crippen LogP contribution in [0.5, 0.6) is 11.6 Å². The van der Waals surface area contributed by atoms with Gasteiger partial charge in [-0.2, -0.15) is 0 Å². The molecule has 3 heterocycles. The molecule has 23 heavy (non-hydrogen) atoms. The van der Waals surface area contributed by atoms with Crippen LogP contribution in [-0.4, -0.2) is 36.6 Å². The van der Waals surface area contributed by atoms with E-state index in [2.05, 4.69) is 10.3 Å². The van der Waals surface area contributed by atoms with E-state index in [1.165, 1.54) is 18.4 Å². The smallest absolute Gasteiger partial charge is 0.254 e. The van der Waals surface area contributed by atoms with Gasteiger partial charge in [-0.3, -0.25) is 9.59 Å². The fourth-order valence-corrected chi connectivity index (χ4v) is 3.44. The van der Waals surface area contributed by atoms with Crippen LogP contribution in [0, 0.1) is 5.92 Å². The number of nitrogens with two attached hydrogens (primary N) is 1. The zero-order valence-electron chi connectivity index (χ0n) is 12.8. The van der Waals surface area contributed by atoms with E-state index >= 15 is 0 Å². The van der Waals surface area contributed by atoms with E-state index in [1.807, 2.05) is 12.3 Å². The molecule has 3 N–H and O–H groups in total. The number of rotatable bonds is 5. The summed E-state index contributed by atoms with van der Waals surface area (Å²) in [6, 6.07) is 1.64. The third-order valence-electron chi connectivity index (χ3n) is 3.90. The summed E-state index contributed by atoms with van der Waals surface area (Å²) >= 11 is 1.41. The number of hydrogen-bond donors (Lipinski definition) is 2. The number of hydrogen-bond acceptors (Lipinski definition) is 6. The molecule has 2 aromatic heterocycles. The lowest BCUT2D eigenvalue weighted by molar-refractivity contribution is -0.119. The topological polar surface area (TPSA) is 104 Å². The molecule has 0 spiro atoms. The number of aromatic nitrogens is 1. The summed E-state index contributed by atoms with van der Waals surface area (Å²) in [6.45, 7) is 2.39. The second-order valence-electron chi connectivity index (χ2n) is 5.52. The Balaban J connectivity index is 1.84. The molecule has 2 unspecified atom stereocenters. The summed E-state index contributed by atoms with van der Waals surface area (Å²) in [7, 11) is 1.43. The molecule has 0 saturated carbocycles. The highest BCUT2D eigenvalue weighted by Gasteiger charge is 2.29. The SMILES string of the molecule is COc1nc2c(OCC3NC(=O)CC3C)csc2cc1C(N)=O. The van der Waals surface area contributed by atoms with Crippen molar-refractivity contribution < 1.29 is 19.1 Å². The molecular weight excluding hydrogens is 318 g/mol. The zero-order valence-corrected chi connectivity index (χ0v) is 13.6. The maximum absolute atomic E-state index is 11.4. The third kappa shape index (κ3) is 2.94. The molecule has 0 aliphatic carbocycles. The van der Waals surface area contributed by atoms with Crippen LogP contribution in [0.25, 0.3) is 10.2 Å². The van der Waals surface area contributed by atoms with Crippen molar-refractivity contribution in [3.05, 3.63) is 17.0 Å². The zero-order chi connectivity index (χ0) is 16.6. The summed E-state index contributed by atoms with van der Waals surface area (Å²) in [6.07, 6.45) is 0.520. The monoisotopic (exact) mass is 335 g/mol. The number of nitrogens with one attached hydrogen (secondary N) is 1. The van der Waals surface area contributed by atoms with Crippen molar-refractivity contribution in [2.24, 2.45) is 11.7 Å². The Morgan fingerprint density at radius 1 is 1.57 bits per heavy atom. The first-order chi connectivity index (χ1) is 11.0. The van der Waals surface area contributed by atoms with Gasteiger partial charge in [0.05, 0.1) is 17.9 Å². The second kappa shape index (κ2) is 6.04. The first-order valence-electron chi connectivity index (χ1n) is 7.17. The summed E-state index contributed by atoms with van der Waals surface area (Å²) < 4.78 is 11.7. The number of ether oxygens (including phenoxy) is 2. The van der Waals surface area contributed by atoms with Crippen molar-refractivity contribution in [3.8, 4) is 11.6 Å². The minimum Gasteiger partial charge on any atom is -0.488 e. The highest BCUT2D eigenvalue weighted by atomic mass is 32.1. The van der Waals surface area contributed by atoms with E-state index in [0.29, 0.717) is 24.3 Å². The normalized spacial score (nSPS) is 20.5. The van der Waals surface area contributed by atoms with Crippen LogP contribution in [0.15, 0.2) is 11.4 Å². The van der Waals surface area contributed by atoms with Gasteiger partial charge in [-0.15, -0.1) is 11.3 Å². The number of pyridine rings is 1. The Labute approximate surface area is 136 Å². The van der Waals surface area contributed by atoms with Gasteiger partial charge in [0.2, 0.25) is 11.8 Å². The predicted molar refractivity (Wildman–Crippen MR) is 85.9 cm³/mol. The Hall–Kier alpha value is -2.35. The average Bonchev–Trinajstić information content (AvgIpc) is 3.05. The molecule has 0 radical (unpaired) electrons. The number of carbonyl (C=O) groups is 2. The lowest BCUT2D eigenvalue weighted by atomic mass is 10.0. The minimum atomic E-state index is -0.588. The van der Waals surface area contributed by atoms with Crippen molar-refractivity contribution in [3.63, 3.8) is 0 Å². The molecule has 7 nitrogen and oxygen atoms in total. The van der Waals surface area contributed by atoms with Crippen molar-refractivity contribution in [2.45, 2.75) is 19.4 Å². The Morgan fingerprint density at radius 2 is 2.35 bits per heavy atom. The van der Waals surface area contributed by atoms with Gasteiger partial charge in [0.15, 0.2) is 5.75 Å². The molecule has 2 amide bonds. The molecule has 1 saturated heterocycles. The molecule has 1 aliphatic heterocycles. The largest absolute Gasteiger partial charge is 0.488 e. The molecular formula is C15H17N3O4S. The van der Waals surface area contributed by atoms with Gasteiger partial charge in [0.1, 0.15) is 17.7 Å². The molecule has 3 rings (SSSR count). The van der Waals surface area contributed by atoms with E-state index in [0.717, 1.165) is 4.70 Å². The fourth-order valence-electron chi connectivity index (χ4n) is 2.58.